The maximum absolute atomic E-state index is 9.29. The minimum Gasteiger partial charge on any atom is -0.330 e. The lowest BCUT2D eigenvalue weighted by Gasteiger charge is -2.09. The highest BCUT2D eigenvalue weighted by atomic mass is 15.3. The molecule has 0 atom stereocenters. The average molecular weight is 361 g/mol. The van der Waals surface area contributed by atoms with Gasteiger partial charge in [-0.1, -0.05) is 13.8 Å². The Morgan fingerprint density at radius 3 is 2.56 bits per heavy atom. The van der Waals surface area contributed by atoms with Gasteiger partial charge in [-0.05, 0) is 42.3 Å². The van der Waals surface area contributed by atoms with Crippen LogP contribution in [0, 0.1) is 11.3 Å². The first-order chi connectivity index (χ1) is 13.0. The summed E-state index contributed by atoms with van der Waals surface area (Å²) in [7, 11) is 1.89. The van der Waals surface area contributed by atoms with E-state index in [1.54, 1.807) is 23.1 Å². The van der Waals surface area contributed by atoms with Gasteiger partial charge in [0.2, 0.25) is 0 Å². The third kappa shape index (κ3) is 4.18. The zero-order valence-corrected chi connectivity index (χ0v) is 15.8. The third-order valence-electron chi connectivity index (χ3n) is 4.35. The SMILES string of the molecule is CC(C)c1nc(Cc2cc(C#N)ccc2-c2ncc(CCN)cn2)n(C)n1. The number of nitrogens with zero attached hydrogens (tertiary/aromatic N) is 6. The zero-order valence-electron chi connectivity index (χ0n) is 15.8. The molecule has 0 bridgehead atoms. The second-order valence-corrected chi connectivity index (χ2v) is 6.78. The van der Waals surface area contributed by atoms with E-state index in [-0.39, 0.29) is 5.92 Å². The predicted octanol–water partition coefficient (Wildman–Crippen LogP) is 2.36. The molecule has 0 saturated heterocycles. The van der Waals surface area contributed by atoms with Crippen molar-refractivity contribution in [3.63, 3.8) is 0 Å². The van der Waals surface area contributed by atoms with Crippen LogP contribution in [0.3, 0.4) is 0 Å². The van der Waals surface area contributed by atoms with Crippen LogP contribution in [-0.2, 0) is 19.9 Å². The van der Waals surface area contributed by atoms with E-state index in [2.05, 4.69) is 40.0 Å². The van der Waals surface area contributed by atoms with Crippen LogP contribution in [0.5, 0.6) is 0 Å². The molecule has 0 radical (unpaired) electrons. The second-order valence-electron chi connectivity index (χ2n) is 6.78. The van der Waals surface area contributed by atoms with Crippen molar-refractivity contribution >= 4 is 0 Å². The standard InChI is InChI=1S/C20H23N7/c1-13(2)19-25-18(27(3)26-19)9-16-8-14(10-22)4-5-17(16)20-23-11-15(6-7-21)12-24-20/h4-5,8,11-13H,6-7,9,21H2,1-3H3. The van der Waals surface area contributed by atoms with Crippen LogP contribution < -0.4 is 5.73 Å². The Balaban J connectivity index is 2.00. The molecule has 1 aromatic carbocycles. The molecular weight excluding hydrogens is 338 g/mol. The van der Waals surface area contributed by atoms with Gasteiger partial charge < -0.3 is 5.73 Å². The molecule has 27 heavy (non-hydrogen) atoms. The Morgan fingerprint density at radius 1 is 1.22 bits per heavy atom. The molecule has 2 aromatic heterocycles. The molecule has 0 spiro atoms. The highest BCUT2D eigenvalue weighted by Gasteiger charge is 2.15. The van der Waals surface area contributed by atoms with Gasteiger partial charge >= 0.3 is 0 Å². The molecule has 0 amide bonds. The lowest BCUT2D eigenvalue weighted by molar-refractivity contribution is 0.689. The van der Waals surface area contributed by atoms with Crippen LogP contribution in [0.4, 0.5) is 0 Å². The number of rotatable bonds is 6. The van der Waals surface area contributed by atoms with Crippen LogP contribution in [0.15, 0.2) is 30.6 Å². The van der Waals surface area contributed by atoms with Crippen molar-refractivity contribution in [2.24, 2.45) is 12.8 Å². The number of benzene rings is 1. The average Bonchev–Trinajstić information content (AvgIpc) is 3.03. The second kappa shape index (κ2) is 8.06. The molecular formula is C20H23N7. The summed E-state index contributed by atoms with van der Waals surface area (Å²) in [5.41, 5.74) is 9.03. The quantitative estimate of drug-likeness (QED) is 0.722. The maximum atomic E-state index is 9.29. The van der Waals surface area contributed by atoms with Gasteiger partial charge in [0.1, 0.15) is 5.82 Å². The topological polar surface area (TPSA) is 106 Å². The van der Waals surface area contributed by atoms with Gasteiger partial charge in [-0.15, -0.1) is 0 Å². The van der Waals surface area contributed by atoms with E-state index in [1.807, 2.05) is 19.2 Å². The Labute approximate surface area is 158 Å². The van der Waals surface area contributed by atoms with Gasteiger partial charge in [-0.25, -0.2) is 15.0 Å². The number of hydrogen-bond donors (Lipinski definition) is 1. The summed E-state index contributed by atoms with van der Waals surface area (Å²) in [5.74, 6) is 2.54. The van der Waals surface area contributed by atoms with E-state index >= 15 is 0 Å². The van der Waals surface area contributed by atoms with Gasteiger partial charge in [0.05, 0.1) is 11.6 Å². The summed E-state index contributed by atoms with van der Waals surface area (Å²) in [6.07, 6.45) is 4.90. The van der Waals surface area contributed by atoms with Crippen molar-refractivity contribution in [1.29, 1.82) is 5.26 Å². The fourth-order valence-electron chi connectivity index (χ4n) is 2.82. The number of nitriles is 1. The molecule has 7 nitrogen and oxygen atoms in total. The van der Waals surface area contributed by atoms with Gasteiger partial charge in [-0.3, -0.25) is 4.68 Å². The monoisotopic (exact) mass is 361 g/mol. The van der Waals surface area contributed by atoms with E-state index < -0.39 is 0 Å². The minimum absolute atomic E-state index is 0.258. The summed E-state index contributed by atoms with van der Waals surface area (Å²) in [6, 6.07) is 7.75. The fraction of sp³-hybridized carbons (Fsp3) is 0.350. The summed E-state index contributed by atoms with van der Waals surface area (Å²) < 4.78 is 1.80. The first kappa shape index (κ1) is 18.7. The third-order valence-corrected chi connectivity index (χ3v) is 4.35. The zero-order chi connectivity index (χ0) is 19.4. The number of hydrogen-bond acceptors (Lipinski definition) is 6. The largest absolute Gasteiger partial charge is 0.330 e. The van der Waals surface area contributed by atoms with Crippen molar-refractivity contribution in [2.45, 2.75) is 32.6 Å². The number of aromatic nitrogens is 5. The summed E-state index contributed by atoms with van der Waals surface area (Å²) >= 11 is 0. The smallest absolute Gasteiger partial charge is 0.159 e. The Morgan fingerprint density at radius 2 is 1.96 bits per heavy atom. The summed E-state index contributed by atoms with van der Waals surface area (Å²) in [5, 5.41) is 13.8. The van der Waals surface area contributed by atoms with E-state index in [0.29, 0.717) is 24.4 Å². The van der Waals surface area contributed by atoms with Crippen molar-refractivity contribution in [3.8, 4) is 17.5 Å². The van der Waals surface area contributed by atoms with E-state index in [1.165, 1.54) is 0 Å². The molecule has 0 unspecified atom stereocenters. The van der Waals surface area contributed by atoms with Crippen LogP contribution in [-0.4, -0.2) is 31.3 Å². The number of aryl methyl sites for hydroxylation is 1. The van der Waals surface area contributed by atoms with Crippen LogP contribution in [0.25, 0.3) is 11.4 Å². The number of nitrogens with two attached hydrogens (primary N) is 1. The van der Waals surface area contributed by atoms with Crippen molar-refractivity contribution in [3.05, 3.63) is 58.9 Å². The van der Waals surface area contributed by atoms with Gasteiger partial charge in [0, 0.05) is 37.3 Å². The first-order valence-corrected chi connectivity index (χ1v) is 8.96. The molecule has 2 heterocycles. The van der Waals surface area contributed by atoms with E-state index in [4.69, 9.17) is 5.73 Å². The Kier molecular flexibility index (Phi) is 5.57. The molecule has 0 aliphatic carbocycles. The first-order valence-electron chi connectivity index (χ1n) is 8.96. The molecule has 7 heteroatoms. The molecule has 3 aromatic rings. The maximum Gasteiger partial charge on any atom is 0.159 e. The molecule has 2 N–H and O–H groups in total. The summed E-state index contributed by atoms with van der Waals surface area (Å²) in [4.78, 5) is 13.6. The Bertz CT molecular complexity index is 965. The van der Waals surface area contributed by atoms with E-state index in [9.17, 15) is 5.26 Å². The molecule has 0 aliphatic rings. The predicted molar refractivity (Wildman–Crippen MR) is 103 cm³/mol. The van der Waals surface area contributed by atoms with Crippen molar-refractivity contribution < 1.29 is 0 Å². The van der Waals surface area contributed by atoms with Crippen LogP contribution in [0.2, 0.25) is 0 Å². The normalized spacial score (nSPS) is 11.0. The molecule has 138 valence electrons. The highest BCUT2D eigenvalue weighted by Crippen LogP contribution is 2.24. The van der Waals surface area contributed by atoms with Gasteiger partial charge in [0.15, 0.2) is 11.6 Å². The van der Waals surface area contributed by atoms with Crippen molar-refractivity contribution in [2.75, 3.05) is 6.54 Å². The van der Waals surface area contributed by atoms with Crippen molar-refractivity contribution in [1.82, 2.24) is 24.7 Å². The molecule has 0 saturated carbocycles. The van der Waals surface area contributed by atoms with Crippen LogP contribution >= 0.6 is 0 Å². The lowest BCUT2D eigenvalue weighted by Crippen LogP contribution is -2.05. The van der Waals surface area contributed by atoms with Gasteiger partial charge in [0.25, 0.3) is 0 Å². The molecule has 0 fully saturated rings. The minimum atomic E-state index is 0.258. The molecule has 0 aliphatic heterocycles. The lowest BCUT2D eigenvalue weighted by atomic mass is 10.0. The van der Waals surface area contributed by atoms with Gasteiger partial charge in [-0.2, -0.15) is 10.4 Å². The van der Waals surface area contributed by atoms with Crippen LogP contribution in [0.1, 0.15) is 48.1 Å². The Hall–Kier alpha value is -3.11. The summed E-state index contributed by atoms with van der Waals surface area (Å²) in [6.45, 7) is 4.70. The molecule has 3 rings (SSSR count). The fourth-order valence-corrected chi connectivity index (χ4v) is 2.82. The van der Waals surface area contributed by atoms with E-state index in [0.717, 1.165) is 34.8 Å². The highest BCUT2D eigenvalue weighted by molar-refractivity contribution is 5.62.